The first-order valence-corrected chi connectivity index (χ1v) is 7.84. The van der Waals surface area contributed by atoms with Crippen LogP contribution >= 0.6 is 0 Å². The van der Waals surface area contributed by atoms with E-state index in [1.807, 2.05) is 13.8 Å². The lowest BCUT2D eigenvalue weighted by atomic mass is 9.70. The highest BCUT2D eigenvalue weighted by atomic mass is 16.5. The number of aliphatic hydroxyl groups is 1. The summed E-state index contributed by atoms with van der Waals surface area (Å²) < 4.78 is 5.83. The number of pyridine rings is 1. The molecule has 1 fully saturated rings. The van der Waals surface area contributed by atoms with E-state index in [0.29, 0.717) is 24.0 Å². The monoisotopic (exact) mass is 291 g/mol. The largest absolute Gasteiger partial charge is 0.491 e. The van der Waals surface area contributed by atoms with Crippen LogP contribution in [0, 0.1) is 11.8 Å². The highest BCUT2D eigenvalue weighted by Gasteiger charge is 2.38. The summed E-state index contributed by atoms with van der Waals surface area (Å²) in [4.78, 5) is 15.0. The summed E-state index contributed by atoms with van der Waals surface area (Å²) in [6.45, 7) is 4.49. The number of hydrogen-bond acceptors (Lipinski definition) is 4. The maximum Gasteiger partial charge on any atom is 0.172 e. The fourth-order valence-corrected chi connectivity index (χ4v) is 3.30. The molecule has 0 aromatic carbocycles. The summed E-state index contributed by atoms with van der Waals surface area (Å²) in [7, 11) is 0. The average Bonchev–Trinajstić information content (AvgIpc) is 2.53. The Kier molecular flexibility index (Phi) is 5.34. The minimum absolute atomic E-state index is 0.257. The van der Waals surface area contributed by atoms with Gasteiger partial charge in [0.2, 0.25) is 0 Å². The third kappa shape index (κ3) is 3.82. The molecule has 0 spiro atoms. The summed E-state index contributed by atoms with van der Waals surface area (Å²) >= 11 is 0. The van der Waals surface area contributed by atoms with Crippen molar-refractivity contribution in [2.45, 2.75) is 51.6 Å². The Hall–Kier alpha value is -1.42. The van der Waals surface area contributed by atoms with Crippen molar-refractivity contribution in [3.63, 3.8) is 0 Å². The molecule has 1 aliphatic rings. The van der Waals surface area contributed by atoms with E-state index in [0.717, 1.165) is 25.5 Å². The van der Waals surface area contributed by atoms with Crippen molar-refractivity contribution >= 4 is 6.29 Å². The Balaban J connectivity index is 2.04. The Morgan fingerprint density at radius 1 is 1.48 bits per heavy atom. The highest BCUT2D eigenvalue weighted by molar-refractivity contribution is 5.75. The van der Waals surface area contributed by atoms with E-state index in [2.05, 4.69) is 4.98 Å². The normalized spacial score (nSPS) is 25.1. The Labute approximate surface area is 126 Å². The summed E-state index contributed by atoms with van der Waals surface area (Å²) in [5, 5.41) is 10.6. The predicted octanol–water partition coefficient (Wildman–Crippen LogP) is 3.24. The number of ether oxygens (including phenoxy) is 1. The first-order valence-electron chi connectivity index (χ1n) is 7.84. The molecule has 4 heteroatoms. The Bertz CT molecular complexity index is 473. The van der Waals surface area contributed by atoms with Gasteiger partial charge in [-0.1, -0.05) is 19.8 Å². The second-order valence-electron chi connectivity index (χ2n) is 6.18. The third-order valence-electron chi connectivity index (χ3n) is 4.79. The number of hydrogen-bond donors (Lipinski definition) is 1. The topological polar surface area (TPSA) is 59.4 Å². The van der Waals surface area contributed by atoms with Crippen LogP contribution in [0.4, 0.5) is 0 Å². The van der Waals surface area contributed by atoms with E-state index in [-0.39, 0.29) is 5.92 Å². The second kappa shape index (κ2) is 7.03. The Morgan fingerprint density at radius 3 is 2.95 bits per heavy atom. The van der Waals surface area contributed by atoms with E-state index in [1.165, 1.54) is 12.8 Å². The van der Waals surface area contributed by atoms with Crippen molar-refractivity contribution in [3.8, 4) is 5.75 Å². The van der Waals surface area contributed by atoms with Gasteiger partial charge < -0.3 is 9.84 Å². The smallest absolute Gasteiger partial charge is 0.172 e. The van der Waals surface area contributed by atoms with Crippen molar-refractivity contribution in [2.75, 3.05) is 6.61 Å². The van der Waals surface area contributed by atoms with Crippen LogP contribution in [0.2, 0.25) is 0 Å². The van der Waals surface area contributed by atoms with E-state index in [9.17, 15) is 9.90 Å². The number of rotatable bonds is 6. The fraction of sp³-hybridized carbons (Fsp3) is 0.647. The van der Waals surface area contributed by atoms with E-state index in [1.54, 1.807) is 18.3 Å². The van der Waals surface area contributed by atoms with Crippen LogP contribution in [-0.4, -0.2) is 28.6 Å². The summed E-state index contributed by atoms with van der Waals surface area (Å²) in [6.07, 6.45) is 7.51. The van der Waals surface area contributed by atoms with Crippen molar-refractivity contribution in [1.29, 1.82) is 0 Å². The first kappa shape index (κ1) is 16.0. The van der Waals surface area contributed by atoms with Gasteiger partial charge in [-0.15, -0.1) is 0 Å². The van der Waals surface area contributed by atoms with Gasteiger partial charge in [-0.2, -0.15) is 0 Å². The van der Waals surface area contributed by atoms with Crippen LogP contribution in [0.3, 0.4) is 0 Å². The zero-order valence-corrected chi connectivity index (χ0v) is 12.9. The molecule has 0 bridgehead atoms. The predicted molar refractivity (Wildman–Crippen MR) is 81.5 cm³/mol. The van der Waals surface area contributed by atoms with Gasteiger partial charge in [0.25, 0.3) is 0 Å². The summed E-state index contributed by atoms with van der Waals surface area (Å²) in [5.74, 6) is 1.12. The fourth-order valence-electron chi connectivity index (χ4n) is 3.30. The molecular formula is C17H25NO3. The SMILES string of the molecule is CCC(C)(O)C1CCCCC1COc1cccnc1C=O. The molecule has 4 nitrogen and oxygen atoms in total. The molecule has 0 aliphatic heterocycles. The molecule has 3 unspecified atom stereocenters. The lowest BCUT2D eigenvalue weighted by Crippen LogP contribution is -2.42. The minimum atomic E-state index is -0.642. The lowest BCUT2D eigenvalue weighted by Gasteiger charge is -2.40. The molecule has 1 saturated carbocycles. The average molecular weight is 291 g/mol. The maximum atomic E-state index is 11.0. The molecule has 1 N–H and O–H groups in total. The molecule has 0 amide bonds. The third-order valence-corrected chi connectivity index (χ3v) is 4.79. The number of carbonyl (C=O) groups excluding carboxylic acids is 1. The minimum Gasteiger partial charge on any atom is -0.491 e. The summed E-state index contributed by atoms with van der Waals surface area (Å²) in [5.41, 5.74) is -0.302. The number of aldehydes is 1. The number of aromatic nitrogens is 1. The molecule has 116 valence electrons. The van der Waals surface area contributed by atoms with Gasteiger partial charge in [0.15, 0.2) is 6.29 Å². The molecule has 1 aromatic rings. The van der Waals surface area contributed by atoms with E-state index < -0.39 is 5.60 Å². The zero-order chi connectivity index (χ0) is 15.3. The van der Waals surface area contributed by atoms with Gasteiger partial charge in [0, 0.05) is 6.20 Å². The number of nitrogens with zero attached hydrogens (tertiary/aromatic N) is 1. The van der Waals surface area contributed by atoms with E-state index in [4.69, 9.17) is 4.74 Å². The zero-order valence-electron chi connectivity index (χ0n) is 12.9. The van der Waals surface area contributed by atoms with Gasteiger partial charge >= 0.3 is 0 Å². The Morgan fingerprint density at radius 2 is 2.24 bits per heavy atom. The van der Waals surface area contributed by atoms with Gasteiger partial charge in [0.05, 0.1) is 12.2 Å². The van der Waals surface area contributed by atoms with Crippen molar-refractivity contribution < 1.29 is 14.6 Å². The molecule has 1 aliphatic carbocycles. The molecule has 2 rings (SSSR count). The van der Waals surface area contributed by atoms with Crippen LogP contribution in [0.5, 0.6) is 5.75 Å². The van der Waals surface area contributed by atoms with Gasteiger partial charge in [-0.3, -0.25) is 4.79 Å². The van der Waals surface area contributed by atoms with Gasteiger partial charge in [-0.25, -0.2) is 4.98 Å². The molecular weight excluding hydrogens is 266 g/mol. The van der Waals surface area contributed by atoms with Crippen LogP contribution in [-0.2, 0) is 0 Å². The second-order valence-corrected chi connectivity index (χ2v) is 6.18. The highest BCUT2D eigenvalue weighted by Crippen LogP contribution is 2.39. The lowest BCUT2D eigenvalue weighted by molar-refractivity contribution is -0.0543. The summed E-state index contributed by atoms with van der Waals surface area (Å²) in [6, 6.07) is 3.54. The van der Waals surface area contributed by atoms with Crippen molar-refractivity contribution in [3.05, 3.63) is 24.0 Å². The standard InChI is InChI=1S/C17H25NO3/c1-3-17(2,20)14-8-5-4-7-13(14)12-21-16-9-6-10-18-15(16)11-19/h6,9-11,13-14,20H,3-5,7-8,12H2,1-2H3. The first-order chi connectivity index (χ1) is 10.1. The van der Waals surface area contributed by atoms with Crippen LogP contribution in [0.25, 0.3) is 0 Å². The van der Waals surface area contributed by atoms with Crippen LogP contribution in [0.1, 0.15) is 56.4 Å². The van der Waals surface area contributed by atoms with Gasteiger partial charge in [0.1, 0.15) is 11.4 Å². The molecule has 1 heterocycles. The molecule has 0 radical (unpaired) electrons. The maximum absolute atomic E-state index is 11.0. The van der Waals surface area contributed by atoms with Crippen molar-refractivity contribution in [2.24, 2.45) is 11.8 Å². The van der Waals surface area contributed by atoms with E-state index >= 15 is 0 Å². The molecule has 0 saturated heterocycles. The van der Waals surface area contributed by atoms with Crippen LogP contribution < -0.4 is 4.74 Å². The molecule has 1 aromatic heterocycles. The molecule has 21 heavy (non-hydrogen) atoms. The van der Waals surface area contributed by atoms with Gasteiger partial charge in [-0.05, 0) is 50.2 Å². The quantitative estimate of drug-likeness (QED) is 0.817. The van der Waals surface area contributed by atoms with Crippen molar-refractivity contribution in [1.82, 2.24) is 4.98 Å². The van der Waals surface area contributed by atoms with Crippen LogP contribution in [0.15, 0.2) is 18.3 Å². The number of carbonyl (C=O) groups is 1. The molecule has 3 atom stereocenters.